The monoisotopic (exact) mass is 294 g/mol. The van der Waals surface area contributed by atoms with E-state index in [0.717, 1.165) is 0 Å². The number of hydrogen-bond donors (Lipinski definition) is 2. The molecule has 0 spiro atoms. The van der Waals surface area contributed by atoms with Crippen molar-refractivity contribution in [1.82, 2.24) is 10.6 Å². The van der Waals surface area contributed by atoms with Gasteiger partial charge in [-0.2, -0.15) is 0 Å². The third-order valence-corrected chi connectivity index (χ3v) is 3.41. The van der Waals surface area contributed by atoms with Gasteiger partial charge in [0.25, 0.3) is 0 Å². The van der Waals surface area contributed by atoms with Crippen molar-refractivity contribution in [3.63, 3.8) is 0 Å². The van der Waals surface area contributed by atoms with Crippen LogP contribution >= 0.6 is 0 Å². The highest BCUT2D eigenvalue weighted by Gasteiger charge is 2.20. The third-order valence-electron chi connectivity index (χ3n) is 3.41. The molecule has 0 fully saturated rings. The molecule has 0 saturated heterocycles. The van der Waals surface area contributed by atoms with Crippen LogP contribution in [0.1, 0.15) is 19.4 Å². The number of ether oxygens (including phenoxy) is 2. The highest BCUT2D eigenvalue weighted by atomic mass is 16.7. The maximum absolute atomic E-state index is 11.8. The van der Waals surface area contributed by atoms with Crippen LogP contribution in [0.4, 0.5) is 0 Å². The molecular formula is C16H26N2O3. The first kappa shape index (κ1) is 17.6. The van der Waals surface area contributed by atoms with E-state index in [0.29, 0.717) is 13.1 Å². The minimum atomic E-state index is -0.335. The maximum atomic E-state index is 11.8. The van der Waals surface area contributed by atoms with Gasteiger partial charge in [0.05, 0.1) is 6.54 Å². The topological polar surface area (TPSA) is 59.6 Å². The van der Waals surface area contributed by atoms with Crippen LogP contribution in [0.5, 0.6) is 0 Å². The Balaban J connectivity index is 2.32. The number of nitrogens with one attached hydrogen (secondary N) is 2. The smallest absolute Gasteiger partial charge is 0.233 e. The SMILES string of the molecule is COC(CNCC(=O)NCC(C)(C)c1ccccc1)OC. The Morgan fingerprint density at radius 1 is 1.19 bits per heavy atom. The molecule has 0 saturated carbocycles. The molecule has 0 aliphatic rings. The Hall–Kier alpha value is -1.43. The second-order valence-corrected chi connectivity index (χ2v) is 5.56. The maximum Gasteiger partial charge on any atom is 0.233 e. The number of amides is 1. The number of carbonyl (C=O) groups is 1. The summed E-state index contributed by atoms with van der Waals surface area (Å²) in [5.41, 5.74) is 1.11. The molecular weight excluding hydrogens is 268 g/mol. The first-order chi connectivity index (χ1) is 9.99. The van der Waals surface area contributed by atoms with E-state index in [9.17, 15) is 4.79 Å². The van der Waals surface area contributed by atoms with Gasteiger partial charge in [0.2, 0.25) is 5.91 Å². The van der Waals surface area contributed by atoms with Crippen LogP contribution in [0, 0.1) is 0 Å². The molecule has 0 bridgehead atoms. The zero-order valence-corrected chi connectivity index (χ0v) is 13.3. The summed E-state index contributed by atoms with van der Waals surface area (Å²) < 4.78 is 10.1. The van der Waals surface area contributed by atoms with E-state index in [1.54, 1.807) is 14.2 Å². The van der Waals surface area contributed by atoms with Crippen molar-refractivity contribution in [2.75, 3.05) is 33.9 Å². The second-order valence-electron chi connectivity index (χ2n) is 5.56. The van der Waals surface area contributed by atoms with Crippen LogP contribution in [-0.4, -0.2) is 46.1 Å². The molecule has 0 aliphatic heterocycles. The second kappa shape index (κ2) is 8.77. The van der Waals surface area contributed by atoms with Crippen molar-refractivity contribution < 1.29 is 14.3 Å². The molecule has 0 aromatic heterocycles. The predicted octanol–water partition coefficient (Wildman–Crippen LogP) is 1.29. The van der Waals surface area contributed by atoms with Crippen LogP contribution in [0.15, 0.2) is 30.3 Å². The average Bonchev–Trinajstić information content (AvgIpc) is 2.50. The van der Waals surface area contributed by atoms with Gasteiger partial charge in [-0.25, -0.2) is 0 Å². The van der Waals surface area contributed by atoms with Crippen molar-refractivity contribution in [3.05, 3.63) is 35.9 Å². The van der Waals surface area contributed by atoms with E-state index >= 15 is 0 Å². The Bertz CT molecular complexity index is 417. The summed E-state index contributed by atoms with van der Waals surface area (Å²) >= 11 is 0. The van der Waals surface area contributed by atoms with Crippen molar-refractivity contribution in [2.45, 2.75) is 25.6 Å². The molecule has 1 rings (SSSR count). The Morgan fingerprint density at radius 3 is 2.38 bits per heavy atom. The van der Waals surface area contributed by atoms with Crippen LogP contribution in [0.3, 0.4) is 0 Å². The van der Waals surface area contributed by atoms with E-state index in [2.05, 4.69) is 36.6 Å². The number of benzene rings is 1. The minimum absolute atomic E-state index is 0.0371. The van der Waals surface area contributed by atoms with Gasteiger partial charge in [-0.1, -0.05) is 44.2 Å². The first-order valence-corrected chi connectivity index (χ1v) is 7.08. The van der Waals surface area contributed by atoms with E-state index in [-0.39, 0.29) is 24.2 Å². The van der Waals surface area contributed by atoms with Crippen LogP contribution in [-0.2, 0) is 19.7 Å². The molecule has 5 nitrogen and oxygen atoms in total. The van der Waals surface area contributed by atoms with Crippen molar-refractivity contribution >= 4 is 5.91 Å². The molecule has 5 heteroatoms. The molecule has 1 aromatic rings. The zero-order chi connectivity index (χ0) is 15.7. The van der Waals surface area contributed by atoms with Crippen molar-refractivity contribution in [3.8, 4) is 0 Å². The standard InChI is InChI=1S/C16H26N2O3/c1-16(2,13-8-6-5-7-9-13)12-18-14(19)10-17-11-15(20-3)21-4/h5-9,15,17H,10-12H2,1-4H3,(H,18,19). The predicted molar refractivity (Wildman–Crippen MR) is 83.2 cm³/mol. The lowest BCUT2D eigenvalue weighted by Gasteiger charge is -2.25. The molecule has 21 heavy (non-hydrogen) atoms. The summed E-state index contributed by atoms with van der Waals surface area (Å²) in [6.07, 6.45) is -0.335. The largest absolute Gasteiger partial charge is 0.355 e. The van der Waals surface area contributed by atoms with Crippen molar-refractivity contribution in [1.29, 1.82) is 0 Å². The number of hydrogen-bond acceptors (Lipinski definition) is 4. The lowest BCUT2D eigenvalue weighted by Crippen LogP contribution is -2.42. The lowest BCUT2D eigenvalue weighted by molar-refractivity contribution is -0.121. The summed E-state index contributed by atoms with van der Waals surface area (Å²) in [4.78, 5) is 11.8. The molecule has 0 unspecified atom stereocenters. The highest BCUT2D eigenvalue weighted by molar-refractivity contribution is 5.78. The van der Waals surface area contributed by atoms with Crippen LogP contribution in [0.2, 0.25) is 0 Å². The summed E-state index contributed by atoms with van der Waals surface area (Å²) in [5.74, 6) is -0.0371. The van der Waals surface area contributed by atoms with Crippen LogP contribution < -0.4 is 10.6 Å². The van der Waals surface area contributed by atoms with Gasteiger partial charge < -0.3 is 20.1 Å². The van der Waals surface area contributed by atoms with E-state index < -0.39 is 0 Å². The normalized spacial score (nSPS) is 11.7. The fourth-order valence-corrected chi connectivity index (χ4v) is 1.94. The van der Waals surface area contributed by atoms with Gasteiger partial charge >= 0.3 is 0 Å². The summed E-state index contributed by atoms with van der Waals surface area (Å²) in [6.45, 7) is 5.54. The summed E-state index contributed by atoms with van der Waals surface area (Å²) in [6, 6.07) is 10.2. The van der Waals surface area contributed by atoms with Gasteiger partial charge in [-0.15, -0.1) is 0 Å². The van der Waals surface area contributed by atoms with E-state index in [4.69, 9.17) is 9.47 Å². The lowest BCUT2D eigenvalue weighted by atomic mass is 9.84. The third kappa shape index (κ3) is 6.25. The van der Waals surface area contributed by atoms with Gasteiger partial charge in [0.1, 0.15) is 0 Å². The molecule has 0 atom stereocenters. The molecule has 0 radical (unpaired) electrons. The highest BCUT2D eigenvalue weighted by Crippen LogP contribution is 2.21. The molecule has 1 aromatic carbocycles. The summed E-state index contributed by atoms with van der Waals surface area (Å²) in [5, 5.41) is 5.95. The fourth-order valence-electron chi connectivity index (χ4n) is 1.94. The van der Waals surface area contributed by atoms with Gasteiger partial charge in [-0.05, 0) is 5.56 Å². The molecule has 1 amide bonds. The molecule has 0 aliphatic carbocycles. The Labute approximate surface area is 127 Å². The quantitative estimate of drug-likeness (QED) is 0.674. The van der Waals surface area contributed by atoms with Crippen molar-refractivity contribution in [2.24, 2.45) is 0 Å². The Kier molecular flexibility index (Phi) is 7.36. The van der Waals surface area contributed by atoms with E-state index in [1.165, 1.54) is 5.56 Å². The van der Waals surface area contributed by atoms with E-state index in [1.807, 2.05) is 18.2 Å². The number of carbonyl (C=O) groups excluding carboxylic acids is 1. The molecule has 2 N–H and O–H groups in total. The summed E-state index contributed by atoms with van der Waals surface area (Å²) in [7, 11) is 3.14. The number of methoxy groups -OCH3 is 2. The molecule has 118 valence electrons. The van der Waals surface area contributed by atoms with Gasteiger partial charge in [0.15, 0.2) is 6.29 Å². The number of rotatable bonds is 9. The minimum Gasteiger partial charge on any atom is -0.355 e. The fraction of sp³-hybridized carbons (Fsp3) is 0.562. The van der Waals surface area contributed by atoms with Gasteiger partial charge in [0, 0.05) is 32.7 Å². The average molecular weight is 294 g/mol. The zero-order valence-electron chi connectivity index (χ0n) is 13.3. The molecule has 0 heterocycles. The van der Waals surface area contributed by atoms with Crippen LogP contribution in [0.25, 0.3) is 0 Å². The van der Waals surface area contributed by atoms with Gasteiger partial charge in [-0.3, -0.25) is 4.79 Å². The first-order valence-electron chi connectivity index (χ1n) is 7.08. The Morgan fingerprint density at radius 2 is 1.81 bits per heavy atom.